The molecule has 15 heavy (non-hydrogen) atoms. The Kier molecular flexibility index (Phi) is 2.81. The SMILES string of the molecule is N#CC(NC1CC1)c1cc(Cl)ccc1O. The lowest BCUT2D eigenvalue weighted by Gasteiger charge is -2.12. The summed E-state index contributed by atoms with van der Waals surface area (Å²) in [5, 5.41) is 22.3. The molecule has 0 radical (unpaired) electrons. The first-order chi connectivity index (χ1) is 7.20. The van der Waals surface area contributed by atoms with E-state index in [2.05, 4.69) is 11.4 Å². The van der Waals surface area contributed by atoms with Crippen LogP contribution in [0.4, 0.5) is 0 Å². The molecule has 1 aromatic carbocycles. The van der Waals surface area contributed by atoms with E-state index in [-0.39, 0.29) is 5.75 Å². The van der Waals surface area contributed by atoms with Gasteiger partial charge in [-0.15, -0.1) is 0 Å². The highest BCUT2D eigenvalue weighted by Crippen LogP contribution is 2.30. The van der Waals surface area contributed by atoms with E-state index in [0.717, 1.165) is 12.8 Å². The summed E-state index contributed by atoms with van der Waals surface area (Å²) >= 11 is 5.82. The monoisotopic (exact) mass is 222 g/mol. The Bertz CT molecular complexity index is 410. The van der Waals surface area contributed by atoms with Crippen LogP contribution in [0, 0.1) is 11.3 Å². The molecule has 2 rings (SSSR count). The third kappa shape index (κ3) is 2.41. The highest BCUT2D eigenvalue weighted by molar-refractivity contribution is 6.30. The highest BCUT2D eigenvalue weighted by Gasteiger charge is 2.26. The zero-order valence-electron chi connectivity index (χ0n) is 8.07. The molecule has 1 atom stereocenters. The highest BCUT2D eigenvalue weighted by atomic mass is 35.5. The van der Waals surface area contributed by atoms with Gasteiger partial charge in [0.1, 0.15) is 11.8 Å². The van der Waals surface area contributed by atoms with Crippen LogP contribution in [0.15, 0.2) is 18.2 Å². The Labute approximate surface area is 93.3 Å². The summed E-state index contributed by atoms with van der Waals surface area (Å²) < 4.78 is 0. The molecule has 0 aromatic heterocycles. The predicted octanol–water partition coefficient (Wildman–Crippen LogP) is 2.36. The molecular formula is C11H11ClN2O. The predicted molar refractivity (Wildman–Crippen MR) is 57.6 cm³/mol. The van der Waals surface area contributed by atoms with Gasteiger partial charge < -0.3 is 5.11 Å². The Hall–Kier alpha value is -1.24. The lowest BCUT2D eigenvalue weighted by Crippen LogP contribution is -2.22. The molecule has 1 aliphatic carbocycles. The van der Waals surface area contributed by atoms with Crippen molar-refractivity contribution in [3.63, 3.8) is 0 Å². The minimum absolute atomic E-state index is 0.110. The largest absolute Gasteiger partial charge is 0.508 e. The first-order valence-corrected chi connectivity index (χ1v) is 5.22. The molecule has 0 bridgehead atoms. The van der Waals surface area contributed by atoms with E-state index in [1.807, 2.05) is 0 Å². The number of aromatic hydroxyl groups is 1. The second kappa shape index (κ2) is 4.09. The zero-order valence-corrected chi connectivity index (χ0v) is 8.83. The summed E-state index contributed by atoms with van der Waals surface area (Å²) in [6.07, 6.45) is 2.19. The molecule has 0 saturated heterocycles. The first kappa shape index (κ1) is 10.3. The smallest absolute Gasteiger partial charge is 0.125 e. The molecule has 1 saturated carbocycles. The fourth-order valence-electron chi connectivity index (χ4n) is 1.44. The molecule has 1 aromatic rings. The van der Waals surface area contributed by atoms with E-state index in [0.29, 0.717) is 16.6 Å². The standard InChI is InChI=1S/C11H11ClN2O/c12-7-1-4-11(15)9(5-7)10(6-13)14-8-2-3-8/h1,4-5,8,10,14-15H,2-3H2. The van der Waals surface area contributed by atoms with E-state index in [1.165, 1.54) is 6.07 Å². The fraction of sp³-hybridized carbons (Fsp3) is 0.364. The van der Waals surface area contributed by atoms with Crippen LogP contribution in [0.5, 0.6) is 5.75 Å². The van der Waals surface area contributed by atoms with Gasteiger partial charge in [0.25, 0.3) is 0 Å². The quantitative estimate of drug-likeness (QED) is 0.826. The van der Waals surface area contributed by atoms with E-state index < -0.39 is 6.04 Å². The number of hydrogen-bond donors (Lipinski definition) is 2. The molecule has 78 valence electrons. The van der Waals surface area contributed by atoms with Crippen LogP contribution in [0.3, 0.4) is 0 Å². The Balaban J connectivity index is 2.24. The third-order valence-electron chi connectivity index (χ3n) is 2.41. The van der Waals surface area contributed by atoms with E-state index in [4.69, 9.17) is 16.9 Å². The van der Waals surface area contributed by atoms with Crippen molar-refractivity contribution < 1.29 is 5.11 Å². The average Bonchev–Trinajstić information content (AvgIpc) is 3.02. The van der Waals surface area contributed by atoms with Crippen LogP contribution in [-0.2, 0) is 0 Å². The van der Waals surface area contributed by atoms with Crippen molar-refractivity contribution in [3.8, 4) is 11.8 Å². The molecule has 1 unspecified atom stereocenters. The van der Waals surface area contributed by atoms with Crippen LogP contribution in [0.25, 0.3) is 0 Å². The number of rotatable bonds is 3. The lowest BCUT2D eigenvalue weighted by molar-refractivity contribution is 0.459. The maximum atomic E-state index is 9.62. The number of nitrogens with zero attached hydrogens (tertiary/aromatic N) is 1. The Morgan fingerprint density at radius 2 is 2.27 bits per heavy atom. The van der Waals surface area contributed by atoms with Crippen LogP contribution in [0.2, 0.25) is 5.02 Å². The van der Waals surface area contributed by atoms with Crippen molar-refractivity contribution in [3.05, 3.63) is 28.8 Å². The third-order valence-corrected chi connectivity index (χ3v) is 2.64. The van der Waals surface area contributed by atoms with Crippen molar-refractivity contribution in [1.82, 2.24) is 5.32 Å². The summed E-state index contributed by atoms with van der Waals surface area (Å²) in [5.41, 5.74) is 0.553. The summed E-state index contributed by atoms with van der Waals surface area (Å²) in [5.74, 6) is 0.110. The van der Waals surface area contributed by atoms with Gasteiger partial charge >= 0.3 is 0 Å². The molecule has 4 heteroatoms. The molecule has 0 amide bonds. The van der Waals surface area contributed by atoms with Crippen LogP contribution < -0.4 is 5.32 Å². The van der Waals surface area contributed by atoms with Gasteiger partial charge in [0.15, 0.2) is 0 Å². The molecule has 1 fully saturated rings. The number of benzene rings is 1. The average molecular weight is 223 g/mol. The fourth-order valence-corrected chi connectivity index (χ4v) is 1.62. The molecular weight excluding hydrogens is 212 g/mol. The number of phenolic OH excluding ortho intramolecular Hbond substituents is 1. The van der Waals surface area contributed by atoms with Gasteiger partial charge in [0.2, 0.25) is 0 Å². The van der Waals surface area contributed by atoms with Crippen LogP contribution in [-0.4, -0.2) is 11.1 Å². The summed E-state index contributed by atoms with van der Waals surface area (Å²) in [6, 6.07) is 6.80. The first-order valence-electron chi connectivity index (χ1n) is 4.85. The minimum atomic E-state index is -0.476. The second-order valence-electron chi connectivity index (χ2n) is 3.71. The Morgan fingerprint density at radius 3 is 2.87 bits per heavy atom. The van der Waals surface area contributed by atoms with Crippen molar-refractivity contribution in [2.75, 3.05) is 0 Å². The van der Waals surface area contributed by atoms with Gasteiger partial charge in [-0.3, -0.25) is 5.32 Å². The molecule has 0 aliphatic heterocycles. The zero-order chi connectivity index (χ0) is 10.8. The number of halogens is 1. The van der Waals surface area contributed by atoms with E-state index in [9.17, 15) is 5.11 Å². The van der Waals surface area contributed by atoms with Gasteiger partial charge in [-0.05, 0) is 31.0 Å². The summed E-state index contributed by atoms with van der Waals surface area (Å²) in [7, 11) is 0. The topological polar surface area (TPSA) is 56.0 Å². The molecule has 1 aliphatic rings. The van der Waals surface area contributed by atoms with Crippen molar-refractivity contribution in [2.45, 2.75) is 24.9 Å². The molecule has 0 spiro atoms. The molecule has 3 nitrogen and oxygen atoms in total. The summed E-state index contributed by atoms with van der Waals surface area (Å²) in [6.45, 7) is 0. The van der Waals surface area contributed by atoms with Gasteiger partial charge in [0, 0.05) is 16.6 Å². The molecule has 0 heterocycles. The Morgan fingerprint density at radius 1 is 1.53 bits per heavy atom. The van der Waals surface area contributed by atoms with Gasteiger partial charge in [-0.2, -0.15) is 5.26 Å². The van der Waals surface area contributed by atoms with Gasteiger partial charge in [-0.1, -0.05) is 11.6 Å². The number of nitrogens with one attached hydrogen (secondary N) is 1. The van der Waals surface area contributed by atoms with Crippen LogP contribution >= 0.6 is 11.6 Å². The maximum absolute atomic E-state index is 9.62. The lowest BCUT2D eigenvalue weighted by atomic mass is 10.1. The summed E-state index contributed by atoms with van der Waals surface area (Å²) in [4.78, 5) is 0. The molecule has 2 N–H and O–H groups in total. The van der Waals surface area contributed by atoms with Crippen LogP contribution in [0.1, 0.15) is 24.4 Å². The number of hydrogen-bond acceptors (Lipinski definition) is 3. The number of phenols is 1. The van der Waals surface area contributed by atoms with Gasteiger partial charge in [-0.25, -0.2) is 0 Å². The van der Waals surface area contributed by atoms with Crippen molar-refractivity contribution in [2.24, 2.45) is 0 Å². The van der Waals surface area contributed by atoms with Crippen molar-refractivity contribution >= 4 is 11.6 Å². The normalized spacial score (nSPS) is 17.1. The van der Waals surface area contributed by atoms with E-state index >= 15 is 0 Å². The number of nitriles is 1. The maximum Gasteiger partial charge on any atom is 0.125 e. The van der Waals surface area contributed by atoms with Crippen molar-refractivity contribution in [1.29, 1.82) is 5.26 Å². The van der Waals surface area contributed by atoms with E-state index in [1.54, 1.807) is 12.1 Å². The van der Waals surface area contributed by atoms with Gasteiger partial charge in [0.05, 0.1) is 6.07 Å². The second-order valence-corrected chi connectivity index (χ2v) is 4.14. The minimum Gasteiger partial charge on any atom is -0.508 e.